The van der Waals surface area contributed by atoms with Crippen molar-refractivity contribution in [2.24, 2.45) is 10.9 Å². The van der Waals surface area contributed by atoms with E-state index >= 15 is 0 Å². The lowest BCUT2D eigenvalue weighted by Crippen LogP contribution is -2.21. The summed E-state index contributed by atoms with van der Waals surface area (Å²) in [5, 5.41) is 8.52. The predicted molar refractivity (Wildman–Crippen MR) is 51.4 cm³/mol. The molecule has 2 rings (SSSR count). The lowest BCUT2D eigenvalue weighted by molar-refractivity contribution is -0.137. The molecule has 0 radical (unpaired) electrons. The minimum absolute atomic E-state index is 0.0849. The van der Waals surface area contributed by atoms with E-state index in [2.05, 4.69) is 4.99 Å². The molecule has 4 nitrogen and oxygen atoms in total. The zero-order valence-electron chi connectivity index (χ0n) is 8.11. The summed E-state index contributed by atoms with van der Waals surface area (Å²) in [5.74, 6) is 0.661. The number of rotatable bonds is 4. The number of carbonyl (C=O) groups is 1. The van der Waals surface area contributed by atoms with Crippen molar-refractivity contribution in [2.75, 3.05) is 6.61 Å². The first-order chi connectivity index (χ1) is 6.75. The molecule has 0 amide bonds. The molecule has 0 spiro atoms. The first kappa shape index (κ1) is 9.49. The first-order valence-corrected chi connectivity index (χ1v) is 5.18. The number of aliphatic carboxylic acids is 1. The lowest BCUT2D eigenvalue weighted by atomic mass is 9.85. The van der Waals surface area contributed by atoms with Gasteiger partial charge in [-0.25, -0.2) is 4.99 Å². The number of carboxylic acids is 1. The molecule has 1 heterocycles. The van der Waals surface area contributed by atoms with Gasteiger partial charge in [0, 0.05) is 12.3 Å². The monoisotopic (exact) mass is 197 g/mol. The SMILES string of the molecule is O=C(O)CCC1COC(C2CCC2)=N1. The Hall–Kier alpha value is -1.06. The van der Waals surface area contributed by atoms with Crippen molar-refractivity contribution in [3.8, 4) is 0 Å². The van der Waals surface area contributed by atoms with Gasteiger partial charge < -0.3 is 9.84 Å². The molecule has 1 N–H and O–H groups in total. The maximum atomic E-state index is 10.3. The van der Waals surface area contributed by atoms with Gasteiger partial charge in [-0.15, -0.1) is 0 Å². The van der Waals surface area contributed by atoms with Crippen LogP contribution in [0.1, 0.15) is 32.1 Å². The van der Waals surface area contributed by atoms with Gasteiger partial charge in [-0.05, 0) is 19.3 Å². The van der Waals surface area contributed by atoms with Crippen molar-refractivity contribution in [2.45, 2.75) is 38.1 Å². The third-order valence-corrected chi connectivity index (χ3v) is 2.88. The van der Waals surface area contributed by atoms with Crippen molar-refractivity contribution in [3.63, 3.8) is 0 Å². The summed E-state index contributed by atoms with van der Waals surface area (Å²) in [5.41, 5.74) is 0. The van der Waals surface area contributed by atoms with E-state index in [9.17, 15) is 4.79 Å². The Bertz CT molecular complexity index is 258. The number of ether oxygens (including phenoxy) is 1. The summed E-state index contributed by atoms with van der Waals surface area (Å²) in [4.78, 5) is 14.8. The molecule has 0 aromatic rings. The van der Waals surface area contributed by atoms with Gasteiger partial charge in [-0.2, -0.15) is 0 Å². The number of hydrogen-bond acceptors (Lipinski definition) is 3. The Morgan fingerprint density at radius 2 is 2.36 bits per heavy atom. The van der Waals surface area contributed by atoms with E-state index in [4.69, 9.17) is 9.84 Å². The highest BCUT2D eigenvalue weighted by Crippen LogP contribution is 2.30. The molecule has 0 saturated heterocycles. The predicted octanol–water partition coefficient (Wildman–Crippen LogP) is 1.45. The first-order valence-electron chi connectivity index (χ1n) is 5.18. The summed E-state index contributed by atoms with van der Waals surface area (Å²) in [6.07, 6.45) is 4.43. The highest BCUT2D eigenvalue weighted by molar-refractivity contribution is 5.81. The normalized spacial score (nSPS) is 26.6. The molecular formula is C10H15NO3. The zero-order chi connectivity index (χ0) is 9.97. The average Bonchev–Trinajstić information content (AvgIpc) is 2.46. The summed E-state index contributed by atoms with van der Waals surface area (Å²) in [7, 11) is 0. The quantitative estimate of drug-likeness (QED) is 0.742. The third kappa shape index (κ3) is 2.05. The fourth-order valence-electron chi connectivity index (χ4n) is 1.75. The van der Waals surface area contributed by atoms with Crippen molar-refractivity contribution in [1.29, 1.82) is 0 Å². The van der Waals surface area contributed by atoms with Crippen molar-refractivity contribution in [3.05, 3.63) is 0 Å². The van der Waals surface area contributed by atoms with E-state index < -0.39 is 5.97 Å². The second kappa shape index (κ2) is 3.98. The molecule has 4 heteroatoms. The lowest BCUT2D eigenvalue weighted by Gasteiger charge is -2.23. The molecule has 1 fully saturated rings. The Morgan fingerprint density at radius 3 is 2.93 bits per heavy atom. The van der Waals surface area contributed by atoms with Crippen LogP contribution in [-0.4, -0.2) is 29.6 Å². The van der Waals surface area contributed by atoms with Crippen LogP contribution in [0.5, 0.6) is 0 Å². The van der Waals surface area contributed by atoms with Gasteiger partial charge in [0.05, 0.1) is 6.04 Å². The molecule has 1 aliphatic heterocycles. The second-order valence-electron chi connectivity index (χ2n) is 3.99. The molecule has 14 heavy (non-hydrogen) atoms. The average molecular weight is 197 g/mol. The minimum atomic E-state index is -0.753. The molecule has 78 valence electrons. The van der Waals surface area contributed by atoms with E-state index in [0.29, 0.717) is 18.9 Å². The van der Waals surface area contributed by atoms with Crippen LogP contribution in [-0.2, 0) is 9.53 Å². The molecule has 2 aliphatic rings. The number of aliphatic imine (C=N–C) groups is 1. The van der Waals surface area contributed by atoms with E-state index in [-0.39, 0.29) is 12.5 Å². The van der Waals surface area contributed by atoms with Crippen LogP contribution in [0.3, 0.4) is 0 Å². The van der Waals surface area contributed by atoms with Crippen LogP contribution < -0.4 is 0 Å². The van der Waals surface area contributed by atoms with E-state index in [1.54, 1.807) is 0 Å². The van der Waals surface area contributed by atoms with Gasteiger partial charge >= 0.3 is 5.97 Å². The van der Waals surface area contributed by atoms with E-state index in [0.717, 1.165) is 5.90 Å². The van der Waals surface area contributed by atoms with E-state index in [1.165, 1.54) is 19.3 Å². The Morgan fingerprint density at radius 1 is 1.57 bits per heavy atom. The maximum absolute atomic E-state index is 10.3. The van der Waals surface area contributed by atoms with Gasteiger partial charge in [0.15, 0.2) is 5.90 Å². The summed E-state index contributed by atoms with van der Waals surface area (Å²) in [6.45, 7) is 0.582. The highest BCUT2D eigenvalue weighted by atomic mass is 16.5. The smallest absolute Gasteiger partial charge is 0.303 e. The summed E-state index contributed by atoms with van der Waals surface area (Å²) < 4.78 is 5.46. The summed E-state index contributed by atoms with van der Waals surface area (Å²) >= 11 is 0. The van der Waals surface area contributed by atoms with Crippen LogP contribution in [0.25, 0.3) is 0 Å². The number of nitrogens with zero attached hydrogens (tertiary/aromatic N) is 1. The van der Waals surface area contributed by atoms with Gasteiger partial charge in [-0.1, -0.05) is 6.42 Å². The minimum Gasteiger partial charge on any atom is -0.481 e. The molecule has 0 bridgehead atoms. The summed E-state index contributed by atoms with van der Waals surface area (Å²) in [6, 6.07) is 0.0849. The maximum Gasteiger partial charge on any atom is 0.303 e. The van der Waals surface area contributed by atoms with Gasteiger partial charge in [0.25, 0.3) is 0 Å². The highest BCUT2D eigenvalue weighted by Gasteiger charge is 2.29. The van der Waals surface area contributed by atoms with Crippen LogP contribution in [0.15, 0.2) is 4.99 Å². The van der Waals surface area contributed by atoms with Crippen LogP contribution in [0.2, 0.25) is 0 Å². The topological polar surface area (TPSA) is 58.9 Å². The van der Waals surface area contributed by atoms with Crippen LogP contribution in [0, 0.1) is 5.92 Å². The van der Waals surface area contributed by atoms with E-state index in [1.807, 2.05) is 0 Å². The number of carboxylic acid groups (broad SMARTS) is 1. The number of hydrogen-bond donors (Lipinski definition) is 1. The van der Waals surface area contributed by atoms with Crippen molar-refractivity contribution >= 4 is 11.9 Å². The molecule has 0 aromatic heterocycles. The van der Waals surface area contributed by atoms with Crippen LogP contribution in [0.4, 0.5) is 0 Å². The fraction of sp³-hybridized carbons (Fsp3) is 0.800. The zero-order valence-corrected chi connectivity index (χ0v) is 8.11. The third-order valence-electron chi connectivity index (χ3n) is 2.88. The molecular weight excluding hydrogens is 182 g/mol. The van der Waals surface area contributed by atoms with Gasteiger partial charge in [0.1, 0.15) is 6.61 Å². The van der Waals surface area contributed by atoms with Crippen molar-refractivity contribution < 1.29 is 14.6 Å². The fourth-order valence-corrected chi connectivity index (χ4v) is 1.75. The van der Waals surface area contributed by atoms with Crippen molar-refractivity contribution in [1.82, 2.24) is 0 Å². The Balaban J connectivity index is 1.79. The Kier molecular flexibility index (Phi) is 2.70. The standard InChI is InChI=1S/C10H15NO3/c12-9(13)5-4-8-6-14-10(11-8)7-2-1-3-7/h7-8H,1-6H2,(H,12,13). The second-order valence-corrected chi connectivity index (χ2v) is 3.99. The molecule has 1 unspecified atom stereocenters. The van der Waals surface area contributed by atoms with Gasteiger partial charge in [-0.3, -0.25) is 4.79 Å². The van der Waals surface area contributed by atoms with Crippen LogP contribution >= 0.6 is 0 Å². The Labute approximate surface area is 83.0 Å². The largest absolute Gasteiger partial charge is 0.481 e. The molecule has 1 atom stereocenters. The molecule has 1 aliphatic carbocycles. The molecule has 1 saturated carbocycles. The van der Waals surface area contributed by atoms with Gasteiger partial charge in [0.2, 0.25) is 0 Å². The molecule has 0 aromatic carbocycles.